The Morgan fingerprint density at radius 1 is 1.47 bits per heavy atom. The third kappa shape index (κ3) is 2.88. The molecule has 1 N–H and O–H groups in total. The minimum absolute atomic E-state index is 0.228. The molecule has 0 bridgehead atoms. The zero-order valence-corrected chi connectivity index (χ0v) is 12.1. The fourth-order valence-electron chi connectivity index (χ4n) is 2.34. The van der Waals surface area contributed by atoms with Gasteiger partial charge in [-0.2, -0.15) is 0 Å². The van der Waals surface area contributed by atoms with E-state index in [9.17, 15) is 0 Å². The smallest absolute Gasteiger partial charge is 0.184 e. The fraction of sp³-hybridized carbons (Fsp3) is 0.500. The van der Waals surface area contributed by atoms with Gasteiger partial charge in [-0.15, -0.1) is 0 Å². The van der Waals surface area contributed by atoms with Gasteiger partial charge in [-0.25, -0.2) is 4.98 Å². The Morgan fingerprint density at radius 2 is 2.32 bits per heavy atom. The average Bonchev–Trinajstić information content (AvgIpc) is 2.80. The van der Waals surface area contributed by atoms with Crippen LogP contribution in [0.5, 0.6) is 0 Å². The second-order valence-electron chi connectivity index (χ2n) is 5.09. The summed E-state index contributed by atoms with van der Waals surface area (Å²) in [6, 6.07) is 8.49. The van der Waals surface area contributed by atoms with Crippen molar-refractivity contribution in [2.24, 2.45) is 0 Å². The standard InChI is InChI=1S/C14H19N3OS/c1-10(12-9-17(2)7-8-18-12)15-14-16-11-5-3-4-6-13(11)19-14/h3-6,10,12H,7-9H2,1-2H3,(H,15,16). The molecule has 4 nitrogen and oxygen atoms in total. The van der Waals surface area contributed by atoms with Gasteiger partial charge in [0.2, 0.25) is 0 Å². The van der Waals surface area contributed by atoms with Gasteiger partial charge in [0.1, 0.15) is 0 Å². The van der Waals surface area contributed by atoms with E-state index in [0.717, 1.165) is 30.3 Å². The van der Waals surface area contributed by atoms with E-state index in [1.165, 1.54) is 4.70 Å². The van der Waals surface area contributed by atoms with Crippen molar-refractivity contribution >= 4 is 26.7 Å². The molecule has 1 saturated heterocycles. The van der Waals surface area contributed by atoms with Crippen molar-refractivity contribution < 1.29 is 4.74 Å². The minimum Gasteiger partial charge on any atom is -0.373 e. The van der Waals surface area contributed by atoms with Crippen LogP contribution in [0.4, 0.5) is 5.13 Å². The number of fused-ring (bicyclic) bond motifs is 1. The van der Waals surface area contributed by atoms with Gasteiger partial charge in [-0.1, -0.05) is 23.5 Å². The monoisotopic (exact) mass is 277 g/mol. The van der Waals surface area contributed by atoms with E-state index in [0.29, 0.717) is 0 Å². The van der Waals surface area contributed by atoms with Crippen LogP contribution < -0.4 is 5.32 Å². The lowest BCUT2D eigenvalue weighted by atomic mass is 10.1. The summed E-state index contributed by atoms with van der Waals surface area (Å²) in [5.74, 6) is 0. The van der Waals surface area contributed by atoms with Crippen molar-refractivity contribution in [2.45, 2.75) is 19.1 Å². The van der Waals surface area contributed by atoms with Crippen LogP contribution in [0.1, 0.15) is 6.92 Å². The molecule has 2 atom stereocenters. The maximum absolute atomic E-state index is 5.83. The first kappa shape index (κ1) is 12.8. The first-order valence-corrected chi connectivity index (χ1v) is 7.46. The lowest BCUT2D eigenvalue weighted by molar-refractivity contribution is -0.0259. The predicted octanol–water partition coefficient (Wildman–Crippen LogP) is 2.43. The van der Waals surface area contributed by atoms with Crippen LogP contribution >= 0.6 is 11.3 Å². The van der Waals surface area contributed by atoms with Crippen LogP contribution in [-0.4, -0.2) is 48.8 Å². The number of morpholine rings is 1. The average molecular weight is 277 g/mol. The van der Waals surface area contributed by atoms with Crippen LogP contribution in [0.15, 0.2) is 24.3 Å². The van der Waals surface area contributed by atoms with Crippen molar-refractivity contribution in [1.29, 1.82) is 0 Å². The largest absolute Gasteiger partial charge is 0.373 e. The van der Waals surface area contributed by atoms with Crippen molar-refractivity contribution in [2.75, 3.05) is 32.1 Å². The maximum atomic E-state index is 5.83. The summed E-state index contributed by atoms with van der Waals surface area (Å²) in [7, 11) is 2.14. The molecule has 1 fully saturated rings. The summed E-state index contributed by atoms with van der Waals surface area (Å²) in [5.41, 5.74) is 1.06. The van der Waals surface area contributed by atoms with Gasteiger partial charge in [0.25, 0.3) is 0 Å². The van der Waals surface area contributed by atoms with Crippen LogP contribution in [0.25, 0.3) is 10.2 Å². The van der Waals surface area contributed by atoms with E-state index in [4.69, 9.17) is 4.74 Å². The molecule has 0 radical (unpaired) electrons. The van der Waals surface area contributed by atoms with E-state index in [1.807, 2.05) is 18.2 Å². The van der Waals surface area contributed by atoms with Gasteiger partial charge in [-0.3, -0.25) is 0 Å². The van der Waals surface area contributed by atoms with Crippen molar-refractivity contribution in [3.8, 4) is 0 Å². The summed E-state index contributed by atoms with van der Waals surface area (Å²) >= 11 is 1.70. The molecule has 1 aliphatic heterocycles. The number of aromatic nitrogens is 1. The molecule has 0 amide bonds. The molecule has 0 saturated carbocycles. The summed E-state index contributed by atoms with van der Waals surface area (Å²) in [6.07, 6.45) is 0.228. The zero-order chi connectivity index (χ0) is 13.2. The normalized spacial score (nSPS) is 22.5. The Morgan fingerprint density at radius 3 is 3.11 bits per heavy atom. The summed E-state index contributed by atoms with van der Waals surface area (Å²) in [4.78, 5) is 6.92. The first-order valence-electron chi connectivity index (χ1n) is 6.64. The van der Waals surface area contributed by atoms with Crippen LogP contribution in [0, 0.1) is 0 Å². The number of hydrogen-bond acceptors (Lipinski definition) is 5. The van der Waals surface area contributed by atoms with E-state index in [-0.39, 0.29) is 12.1 Å². The highest BCUT2D eigenvalue weighted by molar-refractivity contribution is 7.22. The molecule has 5 heteroatoms. The molecular weight excluding hydrogens is 258 g/mol. The Hall–Kier alpha value is -1.17. The molecule has 0 aliphatic carbocycles. The quantitative estimate of drug-likeness (QED) is 0.935. The highest BCUT2D eigenvalue weighted by Crippen LogP contribution is 2.26. The number of benzene rings is 1. The third-order valence-corrected chi connectivity index (χ3v) is 4.47. The molecule has 2 heterocycles. The molecule has 0 spiro atoms. The van der Waals surface area contributed by atoms with Gasteiger partial charge >= 0.3 is 0 Å². The fourth-order valence-corrected chi connectivity index (χ4v) is 3.30. The number of nitrogens with zero attached hydrogens (tertiary/aromatic N) is 2. The predicted molar refractivity (Wildman–Crippen MR) is 79.9 cm³/mol. The Kier molecular flexibility index (Phi) is 3.68. The van der Waals surface area contributed by atoms with E-state index >= 15 is 0 Å². The third-order valence-electron chi connectivity index (χ3n) is 3.50. The molecular formula is C14H19N3OS. The number of ether oxygens (including phenoxy) is 1. The van der Waals surface area contributed by atoms with Crippen LogP contribution in [0.3, 0.4) is 0 Å². The Balaban J connectivity index is 1.69. The van der Waals surface area contributed by atoms with Gasteiger partial charge in [0.15, 0.2) is 5.13 Å². The Labute approximate surface area is 117 Å². The number of likely N-dealkylation sites (N-methyl/N-ethyl adjacent to an activating group) is 1. The number of hydrogen-bond donors (Lipinski definition) is 1. The lowest BCUT2D eigenvalue weighted by Crippen LogP contribution is -2.47. The van der Waals surface area contributed by atoms with Gasteiger partial charge in [0, 0.05) is 13.1 Å². The van der Waals surface area contributed by atoms with E-state index in [2.05, 4.69) is 35.2 Å². The molecule has 1 aromatic heterocycles. The number of anilines is 1. The van der Waals surface area contributed by atoms with E-state index < -0.39 is 0 Å². The van der Waals surface area contributed by atoms with Crippen LogP contribution in [-0.2, 0) is 4.74 Å². The van der Waals surface area contributed by atoms with Gasteiger partial charge in [0.05, 0.1) is 29.0 Å². The molecule has 19 heavy (non-hydrogen) atoms. The molecule has 1 aliphatic rings. The van der Waals surface area contributed by atoms with Gasteiger partial charge < -0.3 is 15.0 Å². The number of thiazole rings is 1. The highest BCUT2D eigenvalue weighted by atomic mass is 32.1. The summed E-state index contributed by atoms with van der Waals surface area (Å²) in [6.45, 7) is 4.96. The molecule has 1 aromatic carbocycles. The van der Waals surface area contributed by atoms with Gasteiger partial charge in [-0.05, 0) is 26.1 Å². The Bertz CT molecular complexity index is 523. The zero-order valence-electron chi connectivity index (χ0n) is 11.3. The topological polar surface area (TPSA) is 37.4 Å². The summed E-state index contributed by atoms with van der Waals surface area (Å²) < 4.78 is 7.05. The number of rotatable bonds is 3. The SMILES string of the molecule is CC(Nc1nc2ccccc2s1)C1CN(C)CCO1. The van der Waals surface area contributed by atoms with E-state index in [1.54, 1.807) is 11.3 Å². The lowest BCUT2D eigenvalue weighted by Gasteiger charge is -2.33. The molecule has 3 rings (SSSR count). The first-order chi connectivity index (χ1) is 9.22. The molecule has 2 unspecified atom stereocenters. The summed E-state index contributed by atoms with van der Waals surface area (Å²) in [5, 5.41) is 4.45. The maximum Gasteiger partial charge on any atom is 0.184 e. The second-order valence-corrected chi connectivity index (χ2v) is 6.12. The molecule has 2 aromatic rings. The number of para-hydroxylation sites is 1. The van der Waals surface area contributed by atoms with Crippen molar-refractivity contribution in [3.05, 3.63) is 24.3 Å². The van der Waals surface area contributed by atoms with Crippen molar-refractivity contribution in [1.82, 2.24) is 9.88 Å². The highest BCUT2D eigenvalue weighted by Gasteiger charge is 2.24. The molecule has 102 valence electrons. The number of nitrogens with one attached hydrogen (secondary N) is 1. The van der Waals surface area contributed by atoms with Crippen molar-refractivity contribution in [3.63, 3.8) is 0 Å². The second kappa shape index (κ2) is 5.45. The minimum atomic E-state index is 0.228. The van der Waals surface area contributed by atoms with Crippen LogP contribution in [0.2, 0.25) is 0 Å².